The van der Waals surface area contributed by atoms with Crippen molar-refractivity contribution in [3.8, 4) is 5.88 Å². The second-order valence-electron chi connectivity index (χ2n) is 5.44. The van der Waals surface area contributed by atoms with Gasteiger partial charge in [-0.1, -0.05) is 12.1 Å². The van der Waals surface area contributed by atoms with Crippen LogP contribution in [-0.4, -0.2) is 34.3 Å². The number of hydrogen-bond donors (Lipinski definition) is 1. The average Bonchev–Trinajstić information content (AvgIpc) is 2.61. The summed E-state index contributed by atoms with van der Waals surface area (Å²) in [7, 11) is 0. The monoisotopic (exact) mass is 366 g/mol. The number of alkyl halides is 3. The molecule has 0 saturated carbocycles. The first-order valence-electron chi connectivity index (χ1n) is 7.70. The van der Waals surface area contributed by atoms with Crippen LogP contribution in [0.3, 0.4) is 0 Å². The highest BCUT2D eigenvalue weighted by atomic mass is 19.4. The molecule has 0 saturated heterocycles. The van der Waals surface area contributed by atoms with Gasteiger partial charge in [0.15, 0.2) is 6.61 Å². The fourth-order valence-electron chi connectivity index (χ4n) is 2.32. The largest absolute Gasteiger partial charge is 0.468 e. The van der Waals surface area contributed by atoms with Crippen molar-refractivity contribution in [2.45, 2.75) is 12.6 Å². The van der Waals surface area contributed by atoms with E-state index in [9.17, 15) is 17.6 Å². The fourth-order valence-corrected chi connectivity index (χ4v) is 2.32. The van der Waals surface area contributed by atoms with E-state index in [4.69, 9.17) is 0 Å². The second-order valence-corrected chi connectivity index (χ2v) is 5.44. The summed E-state index contributed by atoms with van der Waals surface area (Å²) in [5.41, 5.74) is 1.04. The van der Waals surface area contributed by atoms with Gasteiger partial charge in [0, 0.05) is 24.2 Å². The van der Waals surface area contributed by atoms with Crippen LogP contribution in [0.1, 0.15) is 5.56 Å². The molecule has 136 valence electrons. The van der Waals surface area contributed by atoms with Crippen LogP contribution in [0.15, 0.2) is 42.9 Å². The number of para-hydroxylation sites is 1. The van der Waals surface area contributed by atoms with Crippen molar-refractivity contribution in [1.82, 2.24) is 15.0 Å². The molecule has 0 spiro atoms. The zero-order valence-corrected chi connectivity index (χ0v) is 13.4. The zero-order chi connectivity index (χ0) is 18.6. The minimum atomic E-state index is -4.40. The molecule has 1 N–H and O–H groups in total. The summed E-state index contributed by atoms with van der Waals surface area (Å²) in [5, 5.41) is 3.67. The van der Waals surface area contributed by atoms with Gasteiger partial charge < -0.3 is 10.1 Å². The smallest absolute Gasteiger partial charge is 0.422 e. The average molecular weight is 366 g/mol. The minimum absolute atomic E-state index is 0.0868. The van der Waals surface area contributed by atoms with E-state index in [2.05, 4.69) is 25.0 Å². The number of nitrogens with zero attached hydrogens (tertiary/aromatic N) is 3. The Balaban J connectivity index is 1.58. The third-order valence-electron chi connectivity index (χ3n) is 3.50. The molecule has 26 heavy (non-hydrogen) atoms. The van der Waals surface area contributed by atoms with Gasteiger partial charge in [0.05, 0.1) is 0 Å². The highest BCUT2D eigenvalue weighted by molar-refractivity contribution is 5.89. The van der Waals surface area contributed by atoms with Gasteiger partial charge in [0.25, 0.3) is 0 Å². The molecule has 3 rings (SSSR count). The summed E-state index contributed by atoms with van der Waals surface area (Å²) in [5.74, 6) is -0.00418. The third-order valence-corrected chi connectivity index (χ3v) is 3.50. The van der Waals surface area contributed by atoms with Crippen molar-refractivity contribution in [2.24, 2.45) is 0 Å². The zero-order valence-electron chi connectivity index (χ0n) is 13.4. The van der Waals surface area contributed by atoms with Crippen LogP contribution in [0, 0.1) is 5.82 Å². The van der Waals surface area contributed by atoms with Gasteiger partial charge in [-0.25, -0.2) is 19.3 Å². The molecule has 3 aromatic rings. The fraction of sp³-hybridized carbons (Fsp3) is 0.235. The highest BCUT2D eigenvalue weighted by Crippen LogP contribution is 2.21. The van der Waals surface area contributed by atoms with Gasteiger partial charge in [-0.15, -0.1) is 0 Å². The molecule has 0 aliphatic rings. The van der Waals surface area contributed by atoms with Crippen LogP contribution in [0.2, 0.25) is 0 Å². The molecule has 0 radical (unpaired) electrons. The molecular weight excluding hydrogens is 352 g/mol. The summed E-state index contributed by atoms with van der Waals surface area (Å²) >= 11 is 0. The predicted octanol–water partition coefficient (Wildman–Crippen LogP) is 3.76. The summed E-state index contributed by atoms with van der Waals surface area (Å²) in [4.78, 5) is 11.9. The first kappa shape index (κ1) is 17.8. The molecule has 1 aromatic carbocycles. The molecule has 0 atom stereocenters. The molecule has 0 aliphatic carbocycles. The molecule has 0 aliphatic heterocycles. The van der Waals surface area contributed by atoms with Crippen molar-refractivity contribution in [3.05, 3.63) is 54.2 Å². The maximum Gasteiger partial charge on any atom is 0.422 e. The number of benzene rings is 1. The number of rotatable bonds is 6. The van der Waals surface area contributed by atoms with Gasteiger partial charge in [-0.3, -0.25) is 0 Å². The highest BCUT2D eigenvalue weighted by Gasteiger charge is 2.28. The lowest BCUT2D eigenvalue weighted by Crippen LogP contribution is -2.19. The van der Waals surface area contributed by atoms with Gasteiger partial charge >= 0.3 is 6.18 Å². The molecular formula is C17H14F4N4O. The lowest BCUT2D eigenvalue weighted by molar-refractivity contribution is -0.154. The number of anilines is 1. The lowest BCUT2D eigenvalue weighted by atomic mass is 10.2. The van der Waals surface area contributed by atoms with Crippen LogP contribution in [-0.2, 0) is 6.42 Å². The Kier molecular flexibility index (Phi) is 5.15. The number of aromatic nitrogens is 3. The van der Waals surface area contributed by atoms with Gasteiger partial charge in [0.1, 0.15) is 23.5 Å². The Hall–Kier alpha value is -2.97. The molecule has 0 unspecified atom stereocenters. The van der Waals surface area contributed by atoms with Crippen molar-refractivity contribution >= 4 is 16.7 Å². The Morgan fingerprint density at radius 2 is 1.88 bits per heavy atom. The molecule has 5 nitrogen and oxygen atoms in total. The topological polar surface area (TPSA) is 59.9 Å². The van der Waals surface area contributed by atoms with E-state index in [0.29, 0.717) is 24.2 Å². The minimum Gasteiger partial charge on any atom is -0.468 e. The first-order chi connectivity index (χ1) is 12.4. The normalized spacial score (nSPS) is 11.5. The number of fused-ring (bicyclic) bond motifs is 1. The van der Waals surface area contributed by atoms with E-state index >= 15 is 0 Å². The van der Waals surface area contributed by atoms with E-state index in [0.717, 1.165) is 5.56 Å². The first-order valence-corrected chi connectivity index (χ1v) is 7.70. The van der Waals surface area contributed by atoms with Crippen LogP contribution in [0.25, 0.3) is 10.9 Å². The molecule has 9 heteroatoms. The molecule has 0 amide bonds. The van der Waals surface area contributed by atoms with Gasteiger partial charge in [0.2, 0.25) is 5.88 Å². The summed E-state index contributed by atoms with van der Waals surface area (Å²) in [6.07, 6.45) is -1.12. The Morgan fingerprint density at radius 3 is 2.62 bits per heavy atom. The maximum atomic E-state index is 13.7. The van der Waals surface area contributed by atoms with Crippen LogP contribution in [0.4, 0.5) is 23.4 Å². The van der Waals surface area contributed by atoms with Crippen LogP contribution in [0.5, 0.6) is 5.88 Å². The Labute approximate surface area is 146 Å². The summed E-state index contributed by atoms with van der Waals surface area (Å²) in [6, 6.07) is 7.65. The van der Waals surface area contributed by atoms with Crippen molar-refractivity contribution in [3.63, 3.8) is 0 Å². The van der Waals surface area contributed by atoms with Crippen molar-refractivity contribution in [2.75, 3.05) is 18.5 Å². The van der Waals surface area contributed by atoms with E-state index in [1.165, 1.54) is 24.7 Å². The number of hydrogen-bond acceptors (Lipinski definition) is 5. The van der Waals surface area contributed by atoms with Crippen molar-refractivity contribution < 1.29 is 22.3 Å². The van der Waals surface area contributed by atoms with E-state index in [1.54, 1.807) is 18.2 Å². The van der Waals surface area contributed by atoms with Crippen LogP contribution < -0.4 is 10.1 Å². The molecule has 0 bridgehead atoms. The summed E-state index contributed by atoms with van der Waals surface area (Å²) in [6.45, 7) is -0.898. The molecule has 0 fully saturated rings. The van der Waals surface area contributed by atoms with E-state index in [-0.39, 0.29) is 11.4 Å². The van der Waals surface area contributed by atoms with Gasteiger partial charge in [-0.05, 0) is 24.1 Å². The van der Waals surface area contributed by atoms with E-state index < -0.39 is 18.6 Å². The van der Waals surface area contributed by atoms with E-state index in [1.807, 2.05) is 0 Å². The number of pyridine rings is 1. The van der Waals surface area contributed by atoms with Crippen molar-refractivity contribution in [1.29, 1.82) is 0 Å². The number of halogens is 4. The Bertz CT molecular complexity index is 884. The second kappa shape index (κ2) is 7.51. The quantitative estimate of drug-likeness (QED) is 0.673. The number of nitrogens with one attached hydrogen (secondary N) is 1. The Morgan fingerprint density at radius 1 is 1.04 bits per heavy atom. The molecule has 2 heterocycles. The predicted molar refractivity (Wildman–Crippen MR) is 87.5 cm³/mol. The third kappa shape index (κ3) is 4.56. The lowest BCUT2D eigenvalue weighted by Gasteiger charge is -2.10. The summed E-state index contributed by atoms with van der Waals surface area (Å²) < 4.78 is 54.5. The maximum absolute atomic E-state index is 13.7. The van der Waals surface area contributed by atoms with Crippen LogP contribution >= 0.6 is 0 Å². The SMILES string of the molecule is Fc1cccc2c(NCCc3ccc(OCC(F)(F)F)nc3)ncnc12. The standard InChI is InChI=1S/C17H14F4N4O/c18-13-3-1-2-12-15(13)24-10-25-16(12)22-7-6-11-4-5-14(23-8-11)26-9-17(19,20)21/h1-5,8,10H,6-7,9H2,(H,22,24,25). The molecule has 2 aromatic heterocycles. The van der Waals surface area contributed by atoms with Gasteiger partial charge in [-0.2, -0.15) is 13.2 Å². The number of ether oxygens (including phenoxy) is 1.